The Balaban J connectivity index is 1.76. The molecule has 1 saturated heterocycles. The molecule has 3 amide bonds. The number of carbonyl (C=O) groups excluding carboxylic acids is 2. The third kappa shape index (κ3) is 4.29. The number of aromatic nitrogens is 2. The first-order valence-corrected chi connectivity index (χ1v) is 13.4. The summed E-state index contributed by atoms with van der Waals surface area (Å²) < 4.78 is 27.7. The van der Waals surface area contributed by atoms with Crippen LogP contribution in [0.15, 0.2) is 18.3 Å². The highest BCUT2D eigenvalue weighted by Gasteiger charge is 2.56. The van der Waals surface area contributed by atoms with Gasteiger partial charge >= 0.3 is 6.03 Å². The molecule has 10 nitrogen and oxygen atoms in total. The van der Waals surface area contributed by atoms with Gasteiger partial charge in [-0.05, 0) is 37.5 Å². The van der Waals surface area contributed by atoms with Gasteiger partial charge in [-0.15, -0.1) is 11.3 Å². The Bertz CT molecular complexity index is 1250. The van der Waals surface area contributed by atoms with Gasteiger partial charge in [0.1, 0.15) is 5.01 Å². The van der Waals surface area contributed by atoms with Crippen molar-refractivity contribution in [3.63, 3.8) is 0 Å². The number of thiazole rings is 1. The second-order valence-corrected chi connectivity index (χ2v) is 13.0. The Morgan fingerprint density at radius 1 is 1.26 bits per heavy atom. The molecule has 3 heterocycles. The Labute approximate surface area is 203 Å². The molecule has 4 rings (SSSR count). The molecule has 12 heteroatoms. The number of hydrogen-bond acceptors (Lipinski definition) is 7. The van der Waals surface area contributed by atoms with Crippen LogP contribution in [0.3, 0.4) is 0 Å². The molecule has 2 unspecified atom stereocenters. The minimum Gasteiger partial charge on any atom is -0.367 e. The normalized spacial score (nSPS) is 23.3. The number of sulfonamides is 1. The van der Waals surface area contributed by atoms with Crippen LogP contribution in [0.5, 0.6) is 0 Å². The molecular weight excluding hydrogens is 476 g/mol. The van der Waals surface area contributed by atoms with Crippen molar-refractivity contribution in [3.8, 4) is 10.4 Å². The smallest absolute Gasteiger partial charge is 0.316 e. The van der Waals surface area contributed by atoms with Gasteiger partial charge in [0, 0.05) is 36.3 Å². The molecule has 0 aromatic carbocycles. The molecule has 2 atom stereocenters. The maximum absolute atomic E-state index is 12.9. The third-order valence-electron chi connectivity index (χ3n) is 6.31. The number of nitrogens with two attached hydrogens (primary N) is 2. The van der Waals surface area contributed by atoms with Crippen molar-refractivity contribution in [1.82, 2.24) is 19.6 Å². The summed E-state index contributed by atoms with van der Waals surface area (Å²) in [7, 11) is -3.55. The third-order valence-corrected chi connectivity index (χ3v) is 9.68. The molecule has 1 saturated carbocycles. The van der Waals surface area contributed by atoms with Crippen LogP contribution in [0.4, 0.5) is 4.79 Å². The topological polar surface area (TPSA) is 161 Å². The van der Waals surface area contributed by atoms with Crippen molar-refractivity contribution in [2.75, 3.05) is 6.54 Å². The van der Waals surface area contributed by atoms with E-state index < -0.39 is 38.8 Å². The first kappa shape index (κ1) is 24.6. The second kappa shape index (κ2) is 8.28. The molecule has 0 bridgehead atoms. The molecule has 2 fully saturated rings. The average molecular weight is 507 g/mol. The quantitative estimate of drug-likeness (QED) is 0.540. The summed E-state index contributed by atoms with van der Waals surface area (Å²) in [5, 5.41) is -0.121. The van der Waals surface area contributed by atoms with E-state index in [2.05, 4.69) is 35.5 Å². The molecule has 2 aliphatic rings. The lowest BCUT2D eigenvalue weighted by molar-refractivity contribution is -0.127. The highest BCUT2D eigenvalue weighted by Crippen LogP contribution is 2.44. The van der Waals surface area contributed by atoms with Crippen molar-refractivity contribution in [3.05, 3.63) is 34.7 Å². The summed E-state index contributed by atoms with van der Waals surface area (Å²) >= 11 is 1.25. The van der Waals surface area contributed by atoms with Crippen molar-refractivity contribution >= 4 is 33.3 Å². The molecular formula is C22H30N6O4S2. The Morgan fingerprint density at radius 3 is 2.50 bits per heavy atom. The first-order valence-electron chi connectivity index (χ1n) is 11.1. The summed E-state index contributed by atoms with van der Waals surface area (Å²) in [6, 6.07) is 2.28. The Hall–Kier alpha value is -2.57. The predicted octanol–water partition coefficient (Wildman–Crippen LogP) is 1.73. The van der Waals surface area contributed by atoms with Gasteiger partial charge in [-0.25, -0.2) is 22.9 Å². The maximum Gasteiger partial charge on any atom is 0.316 e. The Kier molecular flexibility index (Phi) is 5.98. The molecule has 184 valence electrons. The molecule has 2 aromatic heterocycles. The number of hydrogen-bond donors (Lipinski definition) is 3. The second-order valence-electron chi connectivity index (χ2n) is 10.0. The molecule has 5 N–H and O–H groups in total. The maximum atomic E-state index is 12.9. The summed E-state index contributed by atoms with van der Waals surface area (Å²) in [5.74, 6) is -0.801. The Morgan fingerprint density at radius 2 is 1.94 bits per heavy atom. The lowest BCUT2D eigenvalue weighted by atomic mass is 9.90. The van der Waals surface area contributed by atoms with Gasteiger partial charge < -0.3 is 16.4 Å². The van der Waals surface area contributed by atoms with Crippen molar-refractivity contribution in [2.45, 2.75) is 69.2 Å². The van der Waals surface area contributed by atoms with E-state index in [9.17, 15) is 18.0 Å². The summed E-state index contributed by atoms with van der Waals surface area (Å²) in [6.07, 6.45) is 2.89. The molecule has 0 spiro atoms. The van der Waals surface area contributed by atoms with Crippen LogP contribution in [0.25, 0.3) is 10.4 Å². The lowest BCUT2D eigenvalue weighted by Gasteiger charge is -2.32. The molecule has 1 aliphatic carbocycles. The first-order chi connectivity index (χ1) is 15.8. The summed E-state index contributed by atoms with van der Waals surface area (Å²) in [6.45, 7) is 7.95. The largest absolute Gasteiger partial charge is 0.367 e. The molecule has 34 heavy (non-hydrogen) atoms. The number of nitrogens with one attached hydrogen (secondary N) is 1. The number of pyridine rings is 1. The lowest BCUT2D eigenvalue weighted by Crippen LogP contribution is -2.55. The standard InChI is InChI=1S/C22H30N6O4S2/c1-12-17(13-7-8-25-16(9-13)21(2,3)4)33-19(26-12)22(18(23)29)10-14(11-28(22)20(24)30)27-34(31,32)15-5-6-15/h7-9,14-15,27H,5-6,10-11H2,1-4H3,(H2,23,29)(H2,24,30). The summed E-state index contributed by atoms with van der Waals surface area (Å²) in [5.41, 5.74) is 12.1. The van der Waals surface area contributed by atoms with Gasteiger partial charge in [0.05, 0.1) is 15.8 Å². The van der Waals surface area contributed by atoms with Crippen LogP contribution in [0.2, 0.25) is 0 Å². The fraction of sp³-hybridized carbons (Fsp3) is 0.545. The summed E-state index contributed by atoms with van der Waals surface area (Å²) in [4.78, 5) is 36.4. The van der Waals surface area contributed by atoms with Gasteiger partial charge in [0.2, 0.25) is 10.0 Å². The van der Waals surface area contributed by atoms with E-state index in [1.165, 1.54) is 11.3 Å². The number of likely N-dealkylation sites (tertiary alicyclic amines) is 1. The monoisotopic (exact) mass is 506 g/mol. The number of nitrogens with zero attached hydrogens (tertiary/aromatic N) is 3. The van der Waals surface area contributed by atoms with E-state index in [1.807, 2.05) is 19.1 Å². The van der Waals surface area contributed by atoms with Crippen LogP contribution >= 0.6 is 11.3 Å². The molecule has 2 aromatic rings. The van der Waals surface area contributed by atoms with E-state index in [1.54, 1.807) is 6.20 Å². The number of aryl methyl sites for hydroxylation is 1. The van der Waals surface area contributed by atoms with E-state index in [4.69, 9.17) is 11.5 Å². The van der Waals surface area contributed by atoms with E-state index in [0.29, 0.717) is 23.5 Å². The highest BCUT2D eigenvalue weighted by atomic mass is 32.2. The van der Waals surface area contributed by atoms with Crippen LogP contribution < -0.4 is 16.2 Å². The molecule has 0 radical (unpaired) electrons. The minimum atomic E-state index is -3.55. The van der Waals surface area contributed by atoms with Crippen molar-refractivity contribution in [2.24, 2.45) is 11.5 Å². The zero-order chi connectivity index (χ0) is 25.1. The van der Waals surface area contributed by atoms with Gasteiger partial charge in [-0.1, -0.05) is 20.8 Å². The van der Waals surface area contributed by atoms with Crippen molar-refractivity contribution in [1.29, 1.82) is 0 Å². The zero-order valence-electron chi connectivity index (χ0n) is 19.7. The predicted molar refractivity (Wildman–Crippen MR) is 129 cm³/mol. The number of rotatable bonds is 6. The van der Waals surface area contributed by atoms with Crippen LogP contribution in [-0.2, 0) is 25.8 Å². The SMILES string of the molecule is Cc1nc(C2(C(N)=O)CC(NS(=O)(=O)C3CC3)CN2C(N)=O)sc1-c1ccnc(C(C)(C)C)c1. The van der Waals surface area contributed by atoms with E-state index in [-0.39, 0.29) is 18.4 Å². The van der Waals surface area contributed by atoms with Crippen LogP contribution in [0, 0.1) is 6.92 Å². The van der Waals surface area contributed by atoms with Gasteiger partial charge in [-0.3, -0.25) is 9.78 Å². The van der Waals surface area contributed by atoms with E-state index >= 15 is 0 Å². The zero-order valence-corrected chi connectivity index (χ0v) is 21.3. The van der Waals surface area contributed by atoms with Crippen molar-refractivity contribution < 1.29 is 18.0 Å². The van der Waals surface area contributed by atoms with Gasteiger partial charge in [-0.2, -0.15) is 0 Å². The number of primary amides is 2. The van der Waals surface area contributed by atoms with E-state index in [0.717, 1.165) is 21.0 Å². The minimum absolute atomic E-state index is 0.0345. The van der Waals surface area contributed by atoms with Crippen LogP contribution in [0.1, 0.15) is 56.4 Å². The number of amides is 3. The number of carbonyl (C=O) groups is 2. The highest BCUT2D eigenvalue weighted by molar-refractivity contribution is 7.90. The van der Waals surface area contributed by atoms with Gasteiger partial charge in [0.25, 0.3) is 5.91 Å². The fourth-order valence-corrected chi connectivity index (χ4v) is 7.18. The number of urea groups is 1. The van der Waals surface area contributed by atoms with Gasteiger partial charge in [0.15, 0.2) is 5.54 Å². The van der Waals surface area contributed by atoms with Crippen LogP contribution in [-0.4, -0.2) is 53.1 Å². The molecule has 1 aliphatic heterocycles. The average Bonchev–Trinajstić information content (AvgIpc) is 3.43. The fourth-order valence-electron chi connectivity index (χ4n) is 4.34.